The molecule has 32 heavy (non-hydrogen) atoms. The summed E-state index contributed by atoms with van der Waals surface area (Å²) in [5.41, 5.74) is 1.74. The van der Waals surface area contributed by atoms with Crippen LogP contribution in [0.1, 0.15) is 77.1 Å². The number of rotatable bonds is 8. The second-order valence-corrected chi connectivity index (χ2v) is 10.8. The van der Waals surface area contributed by atoms with Gasteiger partial charge in [0.25, 0.3) is 0 Å². The quantitative estimate of drug-likeness (QED) is 0.570. The average molecular weight is 437 g/mol. The highest BCUT2D eigenvalue weighted by Crippen LogP contribution is 2.60. The molecular weight excluding hydrogens is 400 g/mol. The highest BCUT2D eigenvalue weighted by molar-refractivity contribution is 5.84. The molecule has 4 bridgehead atoms. The van der Waals surface area contributed by atoms with E-state index in [9.17, 15) is 9.59 Å². The first-order valence-electron chi connectivity index (χ1n) is 12.5. The number of para-hydroxylation sites is 2. The Hall–Kier alpha value is -2.37. The molecule has 2 atom stereocenters. The molecule has 6 heteroatoms. The van der Waals surface area contributed by atoms with Gasteiger partial charge in [0.05, 0.1) is 17.1 Å². The number of imidazole rings is 1. The van der Waals surface area contributed by atoms with E-state index >= 15 is 0 Å². The Labute approximate surface area is 190 Å². The number of aromatic nitrogens is 2. The molecule has 0 radical (unpaired) electrons. The summed E-state index contributed by atoms with van der Waals surface area (Å²) in [6, 6.07) is 7.76. The number of carbonyl (C=O) groups is 2. The lowest BCUT2D eigenvalue weighted by molar-refractivity contribution is -0.146. The highest BCUT2D eigenvalue weighted by Gasteiger charge is 2.54. The molecule has 0 spiro atoms. The normalized spacial score (nSPS) is 30.2. The number of fused-ring (bicyclic) bond motifs is 1. The average Bonchev–Trinajstić information content (AvgIpc) is 3.20. The second kappa shape index (κ2) is 8.53. The Morgan fingerprint density at radius 2 is 1.78 bits per heavy atom. The van der Waals surface area contributed by atoms with Gasteiger partial charge >= 0.3 is 0 Å². The fourth-order valence-corrected chi connectivity index (χ4v) is 6.95. The molecule has 4 aliphatic rings. The van der Waals surface area contributed by atoms with Crippen LogP contribution in [-0.4, -0.2) is 28.3 Å². The van der Waals surface area contributed by atoms with Gasteiger partial charge in [-0.3, -0.25) is 9.59 Å². The number of hydrogen-bond donors (Lipinski definition) is 3. The van der Waals surface area contributed by atoms with Crippen LogP contribution in [0.25, 0.3) is 11.0 Å². The number of aromatic amines is 1. The van der Waals surface area contributed by atoms with E-state index in [1.54, 1.807) is 0 Å². The lowest BCUT2D eigenvalue weighted by Crippen LogP contribution is -2.53. The van der Waals surface area contributed by atoms with E-state index in [-0.39, 0.29) is 29.2 Å². The van der Waals surface area contributed by atoms with Crippen LogP contribution in [0, 0.1) is 29.1 Å². The van der Waals surface area contributed by atoms with E-state index in [0.717, 1.165) is 60.3 Å². The summed E-state index contributed by atoms with van der Waals surface area (Å²) < 4.78 is 0. The zero-order valence-corrected chi connectivity index (χ0v) is 19.3. The predicted octanol–water partition coefficient (Wildman–Crippen LogP) is 4.49. The fraction of sp³-hybridized carbons (Fsp3) is 0.654. The number of nitrogens with one attached hydrogen (secondary N) is 3. The molecule has 2 unspecified atom stereocenters. The summed E-state index contributed by atoms with van der Waals surface area (Å²) in [6.45, 7) is 4.66. The van der Waals surface area contributed by atoms with Gasteiger partial charge in [-0.2, -0.15) is 0 Å². The Kier molecular flexibility index (Phi) is 5.72. The molecule has 4 saturated carbocycles. The maximum atomic E-state index is 13.1. The van der Waals surface area contributed by atoms with Crippen LogP contribution in [0.3, 0.4) is 0 Å². The third-order valence-corrected chi connectivity index (χ3v) is 8.39. The molecule has 0 aliphatic heterocycles. The number of H-pyrrole nitrogens is 1. The van der Waals surface area contributed by atoms with Gasteiger partial charge in [0.2, 0.25) is 11.8 Å². The zero-order valence-electron chi connectivity index (χ0n) is 19.3. The molecule has 6 rings (SSSR count). The SMILES string of the molecule is CCC(C)C(NC(=O)CCNC(=O)C12CC3CC(CC(C3)C1)C2)c1nc2ccccc2[nH]1. The van der Waals surface area contributed by atoms with Crippen LogP contribution in [0.4, 0.5) is 0 Å². The summed E-state index contributed by atoms with van der Waals surface area (Å²) in [5.74, 6) is 3.44. The second-order valence-electron chi connectivity index (χ2n) is 10.8. The third kappa shape index (κ3) is 4.04. The van der Waals surface area contributed by atoms with E-state index in [1.165, 1.54) is 19.3 Å². The minimum Gasteiger partial charge on any atom is -0.355 e. The minimum absolute atomic E-state index is 0.0402. The van der Waals surface area contributed by atoms with Crippen LogP contribution < -0.4 is 10.6 Å². The predicted molar refractivity (Wildman–Crippen MR) is 125 cm³/mol. The first kappa shape index (κ1) is 21.5. The number of hydrogen-bond acceptors (Lipinski definition) is 3. The number of amides is 2. The lowest BCUT2D eigenvalue weighted by Gasteiger charge is -2.55. The van der Waals surface area contributed by atoms with Gasteiger partial charge in [0.1, 0.15) is 5.82 Å². The van der Waals surface area contributed by atoms with Gasteiger partial charge in [-0.25, -0.2) is 4.98 Å². The van der Waals surface area contributed by atoms with Crippen molar-refractivity contribution in [3.8, 4) is 0 Å². The van der Waals surface area contributed by atoms with Gasteiger partial charge in [-0.1, -0.05) is 32.4 Å². The summed E-state index contributed by atoms with van der Waals surface area (Å²) in [4.78, 5) is 34.0. The Bertz CT molecular complexity index is 928. The molecule has 1 heterocycles. The summed E-state index contributed by atoms with van der Waals surface area (Å²) in [5, 5.41) is 6.30. The van der Waals surface area contributed by atoms with Crippen LogP contribution in [-0.2, 0) is 9.59 Å². The summed E-state index contributed by atoms with van der Waals surface area (Å²) in [7, 11) is 0. The first-order valence-corrected chi connectivity index (χ1v) is 12.5. The van der Waals surface area contributed by atoms with E-state index < -0.39 is 0 Å². The molecule has 172 valence electrons. The smallest absolute Gasteiger partial charge is 0.226 e. The third-order valence-electron chi connectivity index (χ3n) is 8.39. The minimum atomic E-state index is -0.168. The van der Waals surface area contributed by atoms with Gasteiger partial charge in [0.15, 0.2) is 0 Å². The monoisotopic (exact) mass is 436 g/mol. The van der Waals surface area contributed by atoms with Crippen LogP contribution >= 0.6 is 0 Å². The van der Waals surface area contributed by atoms with Crippen LogP contribution in [0.2, 0.25) is 0 Å². The standard InChI is InChI=1S/C26H36N4O2/c1-3-16(2)23(24-28-20-6-4-5-7-21(20)29-24)30-22(31)8-9-27-25(32)26-13-17-10-18(14-26)12-19(11-17)15-26/h4-7,16-19,23H,3,8-15H2,1-2H3,(H,27,32)(H,28,29)(H,30,31). The van der Waals surface area contributed by atoms with Gasteiger partial charge in [-0.05, 0) is 74.3 Å². The van der Waals surface area contributed by atoms with Crippen molar-refractivity contribution in [2.45, 2.75) is 71.3 Å². The largest absolute Gasteiger partial charge is 0.355 e. The van der Waals surface area contributed by atoms with Crippen molar-refractivity contribution in [3.63, 3.8) is 0 Å². The molecule has 2 amide bonds. The van der Waals surface area contributed by atoms with E-state index in [2.05, 4.69) is 29.5 Å². The van der Waals surface area contributed by atoms with Crippen molar-refractivity contribution < 1.29 is 9.59 Å². The molecule has 4 fully saturated rings. The fourth-order valence-electron chi connectivity index (χ4n) is 6.95. The maximum absolute atomic E-state index is 13.1. The summed E-state index contributed by atoms with van der Waals surface area (Å²) >= 11 is 0. The molecule has 3 N–H and O–H groups in total. The number of nitrogens with zero attached hydrogens (tertiary/aromatic N) is 1. The Balaban J connectivity index is 1.17. The molecule has 1 aromatic carbocycles. The molecule has 6 nitrogen and oxygen atoms in total. The molecule has 2 aromatic rings. The maximum Gasteiger partial charge on any atom is 0.226 e. The number of carbonyl (C=O) groups excluding carboxylic acids is 2. The van der Waals surface area contributed by atoms with E-state index in [1.807, 2.05) is 24.3 Å². The van der Waals surface area contributed by atoms with E-state index in [4.69, 9.17) is 4.98 Å². The first-order chi connectivity index (χ1) is 15.5. The van der Waals surface area contributed by atoms with Gasteiger partial charge < -0.3 is 15.6 Å². The van der Waals surface area contributed by atoms with Crippen molar-refractivity contribution in [3.05, 3.63) is 30.1 Å². The van der Waals surface area contributed by atoms with Crippen molar-refractivity contribution in [2.24, 2.45) is 29.1 Å². The Morgan fingerprint density at radius 1 is 1.12 bits per heavy atom. The van der Waals surface area contributed by atoms with Gasteiger partial charge in [-0.15, -0.1) is 0 Å². The van der Waals surface area contributed by atoms with Crippen molar-refractivity contribution >= 4 is 22.8 Å². The highest BCUT2D eigenvalue weighted by atomic mass is 16.2. The van der Waals surface area contributed by atoms with Crippen LogP contribution in [0.15, 0.2) is 24.3 Å². The topological polar surface area (TPSA) is 86.9 Å². The van der Waals surface area contributed by atoms with Crippen molar-refractivity contribution in [2.75, 3.05) is 6.54 Å². The Morgan fingerprint density at radius 3 is 2.41 bits per heavy atom. The van der Waals surface area contributed by atoms with E-state index in [0.29, 0.717) is 13.0 Å². The molecule has 0 saturated heterocycles. The summed E-state index contributed by atoms with van der Waals surface area (Å²) in [6.07, 6.45) is 8.38. The van der Waals surface area contributed by atoms with Crippen molar-refractivity contribution in [1.82, 2.24) is 20.6 Å². The zero-order chi connectivity index (χ0) is 22.3. The number of benzene rings is 1. The van der Waals surface area contributed by atoms with Gasteiger partial charge in [0, 0.05) is 18.4 Å². The van der Waals surface area contributed by atoms with Crippen LogP contribution in [0.5, 0.6) is 0 Å². The lowest BCUT2D eigenvalue weighted by atomic mass is 9.49. The molecular formula is C26H36N4O2. The molecule has 4 aliphatic carbocycles. The van der Waals surface area contributed by atoms with Crippen molar-refractivity contribution in [1.29, 1.82) is 0 Å². The molecule has 1 aromatic heterocycles.